The van der Waals surface area contributed by atoms with Gasteiger partial charge in [0.2, 0.25) is 0 Å². The van der Waals surface area contributed by atoms with E-state index in [1.165, 1.54) is 5.56 Å². The van der Waals surface area contributed by atoms with E-state index in [0.29, 0.717) is 0 Å². The van der Waals surface area contributed by atoms with Crippen LogP contribution in [0.1, 0.15) is 24.2 Å². The Morgan fingerprint density at radius 1 is 1.50 bits per heavy atom. The Morgan fingerprint density at radius 2 is 2.17 bits per heavy atom. The van der Waals surface area contributed by atoms with Crippen molar-refractivity contribution in [2.45, 2.75) is 20.0 Å². The van der Waals surface area contributed by atoms with Crippen LogP contribution in [-0.2, 0) is 4.84 Å². The zero-order valence-corrected chi connectivity index (χ0v) is 8.76. The Kier molecular flexibility index (Phi) is 3.26. The molecule has 0 saturated heterocycles. The van der Waals surface area contributed by atoms with Crippen LogP contribution in [0.3, 0.4) is 0 Å². The van der Waals surface area contributed by atoms with Crippen molar-refractivity contribution in [3.63, 3.8) is 0 Å². The minimum Gasteiger partial charge on any atom is -0.297 e. The number of hydrogen-bond acceptors (Lipinski definition) is 2. The molecule has 0 spiro atoms. The molecule has 1 unspecified atom stereocenters. The monoisotopic (exact) mass is 229 g/mol. The van der Waals surface area contributed by atoms with E-state index in [1.54, 1.807) is 0 Å². The van der Waals surface area contributed by atoms with Gasteiger partial charge in [-0.25, -0.2) is 5.90 Å². The third kappa shape index (κ3) is 2.06. The van der Waals surface area contributed by atoms with Crippen LogP contribution in [0, 0.1) is 6.92 Å². The zero-order chi connectivity index (χ0) is 9.14. The average molecular weight is 230 g/mol. The Hall–Kier alpha value is -0.380. The first-order valence-corrected chi connectivity index (χ1v) is 4.56. The van der Waals surface area contributed by atoms with Crippen molar-refractivity contribution >= 4 is 15.9 Å². The van der Waals surface area contributed by atoms with Crippen molar-refractivity contribution in [3.8, 4) is 0 Å². The average Bonchev–Trinajstić information content (AvgIpc) is 2.08. The first-order chi connectivity index (χ1) is 5.65. The number of halogens is 1. The minimum absolute atomic E-state index is 0.0532. The SMILES string of the molecule is Cc1ccc(Br)cc1C(C)ON. The summed E-state index contributed by atoms with van der Waals surface area (Å²) in [6.07, 6.45) is -0.0532. The van der Waals surface area contributed by atoms with Gasteiger partial charge in [-0.05, 0) is 37.1 Å². The molecule has 0 bridgehead atoms. The van der Waals surface area contributed by atoms with E-state index in [4.69, 9.17) is 10.7 Å². The van der Waals surface area contributed by atoms with E-state index in [1.807, 2.05) is 32.0 Å². The summed E-state index contributed by atoms with van der Waals surface area (Å²) in [6.45, 7) is 3.96. The predicted octanol–water partition coefficient (Wildman–Crippen LogP) is 2.71. The molecule has 12 heavy (non-hydrogen) atoms. The Bertz CT molecular complexity index is 275. The molecule has 0 heterocycles. The lowest BCUT2D eigenvalue weighted by molar-refractivity contribution is 0.0659. The van der Waals surface area contributed by atoms with Gasteiger partial charge in [0.1, 0.15) is 6.10 Å². The van der Waals surface area contributed by atoms with Crippen LogP contribution in [0.5, 0.6) is 0 Å². The molecule has 2 nitrogen and oxygen atoms in total. The Morgan fingerprint density at radius 3 is 2.75 bits per heavy atom. The molecule has 0 saturated carbocycles. The molecule has 1 aromatic rings. The van der Waals surface area contributed by atoms with Crippen LogP contribution < -0.4 is 5.90 Å². The second-order valence-electron chi connectivity index (χ2n) is 2.78. The van der Waals surface area contributed by atoms with Gasteiger partial charge in [0.25, 0.3) is 0 Å². The molecule has 0 radical (unpaired) electrons. The molecule has 0 aliphatic heterocycles. The van der Waals surface area contributed by atoms with Gasteiger partial charge >= 0.3 is 0 Å². The molecule has 0 aliphatic carbocycles. The molecule has 0 aliphatic rings. The predicted molar refractivity (Wildman–Crippen MR) is 52.6 cm³/mol. The smallest absolute Gasteiger partial charge is 0.101 e. The van der Waals surface area contributed by atoms with E-state index < -0.39 is 0 Å². The molecule has 0 fully saturated rings. The van der Waals surface area contributed by atoms with Crippen LogP contribution >= 0.6 is 15.9 Å². The topological polar surface area (TPSA) is 35.2 Å². The molecule has 66 valence electrons. The van der Waals surface area contributed by atoms with E-state index in [2.05, 4.69) is 15.9 Å². The lowest BCUT2D eigenvalue weighted by Gasteiger charge is -2.12. The van der Waals surface area contributed by atoms with Gasteiger partial charge in [0.15, 0.2) is 0 Å². The van der Waals surface area contributed by atoms with Crippen molar-refractivity contribution in [2.24, 2.45) is 5.90 Å². The lowest BCUT2D eigenvalue weighted by Crippen LogP contribution is -2.06. The highest BCUT2D eigenvalue weighted by Gasteiger charge is 2.07. The van der Waals surface area contributed by atoms with Gasteiger partial charge in [-0.15, -0.1) is 0 Å². The summed E-state index contributed by atoms with van der Waals surface area (Å²) in [4.78, 5) is 4.75. The standard InChI is InChI=1S/C9H12BrNO/c1-6-3-4-8(10)5-9(6)7(2)12-11/h3-5,7H,11H2,1-2H3. The highest BCUT2D eigenvalue weighted by molar-refractivity contribution is 9.10. The minimum atomic E-state index is -0.0532. The second-order valence-corrected chi connectivity index (χ2v) is 3.69. The second kappa shape index (κ2) is 4.03. The first-order valence-electron chi connectivity index (χ1n) is 3.76. The number of aryl methyl sites for hydroxylation is 1. The summed E-state index contributed by atoms with van der Waals surface area (Å²) in [5, 5.41) is 0. The Labute approximate surface area is 80.8 Å². The maximum Gasteiger partial charge on any atom is 0.101 e. The summed E-state index contributed by atoms with van der Waals surface area (Å²) in [5.74, 6) is 5.11. The van der Waals surface area contributed by atoms with Gasteiger partial charge in [-0.2, -0.15) is 0 Å². The first kappa shape index (κ1) is 9.71. The van der Waals surface area contributed by atoms with Gasteiger partial charge in [-0.1, -0.05) is 22.0 Å². The maximum atomic E-state index is 5.11. The third-order valence-corrected chi connectivity index (χ3v) is 2.38. The molecule has 1 aromatic carbocycles. The van der Waals surface area contributed by atoms with E-state index in [-0.39, 0.29) is 6.10 Å². The van der Waals surface area contributed by atoms with Gasteiger partial charge in [-0.3, -0.25) is 4.84 Å². The molecule has 0 aromatic heterocycles. The van der Waals surface area contributed by atoms with Crippen LogP contribution in [0.15, 0.2) is 22.7 Å². The molecule has 0 amide bonds. The van der Waals surface area contributed by atoms with Gasteiger partial charge in [0, 0.05) is 4.47 Å². The van der Waals surface area contributed by atoms with Crippen molar-refractivity contribution in [1.29, 1.82) is 0 Å². The molecule has 3 heteroatoms. The number of rotatable bonds is 2. The highest BCUT2D eigenvalue weighted by atomic mass is 79.9. The summed E-state index contributed by atoms with van der Waals surface area (Å²) in [7, 11) is 0. The van der Waals surface area contributed by atoms with Gasteiger partial charge in [0.05, 0.1) is 0 Å². The zero-order valence-electron chi connectivity index (χ0n) is 7.17. The maximum absolute atomic E-state index is 5.11. The fraction of sp³-hybridized carbons (Fsp3) is 0.333. The van der Waals surface area contributed by atoms with Crippen molar-refractivity contribution in [1.82, 2.24) is 0 Å². The quantitative estimate of drug-likeness (QED) is 0.792. The van der Waals surface area contributed by atoms with Crippen molar-refractivity contribution < 1.29 is 4.84 Å². The summed E-state index contributed by atoms with van der Waals surface area (Å²) < 4.78 is 1.05. The summed E-state index contributed by atoms with van der Waals surface area (Å²) >= 11 is 3.40. The Balaban J connectivity index is 3.04. The molecule has 1 atom stereocenters. The van der Waals surface area contributed by atoms with E-state index in [0.717, 1.165) is 10.0 Å². The lowest BCUT2D eigenvalue weighted by atomic mass is 10.1. The van der Waals surface area contributed by atoms with Crippen LogP contribution in [0.2, 0.25) is 0 Å². The number of benzene rings is 1. The number of hydrogen-bond donors (Lipinski definition) is 1. The molecular weight excluding hydrogens is 218 g/mol. The molecule has 1 rings (SSSR count). The largest absolute Gasteiger partial charge is 0.297 e. The normalized spacial score (nSPS) is 13.0. The fourth-order valence-corrected chi connectivity index (χ4v) is 1.50. The van der Waals surface area contributed by atoms with Crippen molar-refractivity contribution in [2.75, 3.05) is 0 Å². The summed E-state index contributed by atoms with van der Waals surface area (Å²) in [5.41, 5.74) is 2.31. The number of nitrogens with two attached hydrogens (primary N) is 1. The third-order valence-electron chi connectivity index (χ3n) is 1.88. The summed E-state index contributed by atoms with van der Waals surface area (Å²) in [6, 6.07) is 6.06. The van der Waals surface area contributed by atoms with E-state index in [9.17, 15) is 0 Å². The van der Waals surface area contributed by atoms with Crippen LogP contribution in [-0.4, -0.2) is 0 Å². The van der Waals surface area contributed by atoms with E-state index >= 15 is 0 Å². The fourth-order valence-electron chi connectivity index (χ4n) is 1.12. The highest BCUT2D eigenvalue weighted by Crippen LogP contribution is 2.23. The van der Waals surface area contributed by atoms with Gasteiger partial charge < -0.3 is 0 Å². The van der Waals surface area contributed by atoms with Crippen LogP contribution in [0.25, 0.3) is 0 Å². The molecule has 2 N–H and O–H groups in total. The van der Waals surface area contributed by atoms with Crippen molar-refractivity contribution in [3.05, 3.63) is 33.8 Å². The molecular formula is C9H12BrNO. The van der Waals surface area contributed by atoms with Crippen LogP contribution in [0.4, 0.5) is 0 Å².